The molecule has 1 N–H and O–H groups in total. The fourth-order valence-electron chi connectivity index (χ4n) is 2.02. The molecule has 5 nitrogen and oxygen atoms in total. The zero-order valence-corrected chi connectivity index (χ0v) is 12.8. The van der Waals surface area contributed by atoms with E-state index >= 15 is 0 Å². The molecule has 0 radical (unpaired) electrons. The molecule has 1 atom stereocenters. The van der Waals surface area contributed by atoms with Crippen LogP contribution >= 0.6 is 11.3 Å². The quantitative estimate of drug-likeness (QED) is 0.679. The van der Waals surface area contributed by atoms with Crippen LogP contribution in [0.1, 0.15) is 23.0 Å². The number of Topliss-reactive ketones (excluding diaryl/α,β-unsaturated/α-hetero) is 1. The molecule has 1 unspecified atom stereocenters. The van der Waals surface area contributed by atoms with Crippen LogP contribution in [-0.4, -0.2) is 31.1 Å². The highest BCUT2D eigenvalue weighted by Gasteiger charge is 2.20. The molecule has 2 rings (SSSR count). The third-order valence-electron chi connectivity index (χ3n) is 3.19. The van der Waals surface area contributed by atoms with Crippen molar-refractivity contribution < 1.29 is 24.2 Å². The predicted octanol–water partition coefficient (Wildman–Crippen LogP) is 3.00. The van der Waals surface area contributed by atoms with E-state index in [1.54, 1.807) is 25.1 Å². The number of thiophene rings is 1. The number of phenols is 1. The van der Waals surface area contributed by atoms with E-state index in [0.29, 0.717) is 10.6 Å². The Kier molecular flexibility index (Phi) is 4.47. The van der Waals surface area contributed by atoms with Gasteiger partial charge in [0, 0.05) is 17.2 Å². The van der Waals surface area contributed by atoms with Gasteiger partial charge in [-0.15, -0.1) is 11.3 Å². The molecule has 0 amide bonds. The molecule has 1 aromatic carbocycles. The van der Waals surface area contributed by atoms with Crippen molar-refractivity contribution in [2.75, 3.05) is 14.2 Å². The number of ether oxygens (including phenoxy) is 2. The molecule has 0 aliphatic rings. The summed E-state index contributed by atoms with van der Waals surface area (Å²) in [5, 5.41) is 10.5. The van der Waals surface area contributed by atoms with Gasteiger partial charge in [-0.25, -0.2) is 0 Å². The first kappa shape index (κ1) is 15.3. The fourth-order valence-corrected chi connectivity index (χ4v) is 3.04. The first-order chi connectivity index (χ1) is 9.96. The molecular formula is C15H16O5S. The number of benzene rings is 1. The summed E-state index contributed by atoms with van der Waals surface area (Å²) in [7, 11) is 2.77. The van der Waals surface area contributed by atoms with Gasteiger partial charge in [0.05, 0.1) is 25.0 Å². The second-order valence-electron chi connectivity index (χ2n) is 4.72. The van der Waals surface area contributed by atoms with Crippen molar-refractivity contribution in [1.82, 2.24) is 0 Å². The summed E-state index contributed by atoms with van der Waals surface area (Å²) in [4.78, 5) is 24.1. The minimum Gasteiger partial charge on any atom is -0.504 e. The first-order valence-electron chi connectivity index (χ1n) is 6.37. The van der Waals surface area contributed by atoms with Crippen molar-refractivity contribution in [3.05, 3.63) is 23.1 Å². The van der Waals surface area contributed by atoms with Gasteiger partial charge in [-0.3, -0.25) is 9.59 Å². The Morgan fingerprint density at radius 1 is 1.29 bits per heavy atom. The molecule has 0 bridgehead atoms. The summed E-state index contributed by atoms with van der Waals surface area (Å²) in [6, 6.07) is 4.96. The van der Waals surface area contributed by atoms with Gasteiger partial charge in [-0.2, -0.15) is 0 Å². The third kappa shape index (κ3) is 3.16. The molecule has 0 saturated carbocycles. The number of hydrogen-bond donors (Lipinski definition) is 1. The van der Waals surface area contributed by atoms with Gasteiger partial charge >= 0.3 is 5.97 Å². The molecule has 0 saturated heterocycles. The lowest BCUT2D eigenvalue weighted by atomic mass is 10.0. The average Bonchev–Trinajstić information content (AvgIpc) is 2.87. The van der Waals surface area contributed by atoms with E-state index in [1.165, 1.54) is 25.6 Å². The average molecular weight is 308 g/mol. The van der Waals surface area contributed by atoms with Gasteiger partial charge in [-0.05, 0) is 17.5 Å². The summed E-state index contributed by atoms with van der Waals surface area (Å²) in [5.74, 6) is -0.594. The Morgan fingerprint density at radius 2 is 2.00 bits per heavy atom. The summed E-state index contributed by atoms with van der Waals surface area (Å²) in [6.07, 6.45) is 0.0998. The SMILES string of the molecule is COC(=O)C(C)CC(=O)c1cc2cc(O)c(OC)cc2s1. The maximum absolute atomic E-state index is 12.2. The maximum Gasteiger partial charge on any atom is 0.308 e. The van der Waals surface area contributed by atoms with Crippen LogP contribution in [0.25, 0.3) is 10.1 Å². The van der Waals surface area contributed by atoms with E-state index < -0.39 is 11.9 Å². The molecule has 0 aliphatic carbocycles. The molecule has 0 fully saturated rings. The Hall–Kier alpha value is -2.08. The van der Waals surface area contributed by atoms with Crippen molar-refractivity contribution in [3.63, 3.8) is 0 Å². The third-order valence-corrected chi connectivity index (χ3v) is 4.33. The van der Waals surface area contributed by atoms with Crippen molar-refractivity contribution >= 4 is 33.2 Å². The molecule has 1 heterocycles. The maximum atomic E-state index is 12.2. The predicted molar refractivity (Wildman–Crippen MR) is 80.2 cm³/mol. The number of methoxy groups -OCH3 is 2. The van der Waals surface area contributed by atoms with Gasteiger partial charge in [0.25, 0.3) is 0 Å². The molecule has 0 aliphatic heterocycles. The number of carbonyl (C=O) groups is 2. The van der Waals surface area contributed by atoms with Gasteiger partial charge in [-0.1, -0.05) is 6.92 Å². The van der Waals surface area contributed by atoms with Gasteiger partial charge < -0.3 is 14.6 Å². The number of esters is 1. The molecule has 6 heteroatoms. The van der Waals surface area contributed by atoms with Crippen molar-refractivity contribution in [2.45, 2.75) is 13.3 Å². The van der Waals surface area contributed by atoms with E-state index in [2.05, 4.69) is 4.74 Å². The summed E-state index contributed by atoms with van der Waals surface area (Å²) >= 11 is 1.31. The molecule has 112 valence electrons. The molecular weight excluding hydrogens is 292 g/mol. The van der Waals surface area contributed by atoms with Crippen LogP contribution in [0.15, 0.2) is 18.2 Å². The zero-order valence-electron chi connectivity index (χ0n) is 12.0. The van der Waals surface area contributed by atoms with Gasteiger partial charge in [0.2, 0.25) is 0 Å². The van der Waals surface area contributed by atoms with Crippen molar-refractivity contribution in [2.24, 2.45) is 5.92 Å². The summed E-state index contributed by atoms with van der Waals surface area (Å²) in [5.41, 5.74) is 0. The number of hydrogen-bond acceptors (Lipinski definition) is 6. The lowest BCUT2D eigenvalue weighted by molar-refractivity contribution is -0.144. The standard InChI is InChI=1S/C15H16O5S/c1-8(15(18)20-3)4-11(17)14-6-9-5-10(16)12(19-2)7-13(9)21-14/h5-8,16H,4H2,1-3H3. The van der Waals surface area contributed by atoms with E-state index in [0.717, 1.165) is 10.1 Å². The number of rotatable bonds is 5. The highest BCUT2D eigenvalue weighted by molar-refractivity contribution is 7.20. The molecule has 21 heavy (non-hydrogen) atoms. The lowest BCUT2D eigenvalue weighted by Crippen LogP contribution is -2.16. The summed E-state index contributed by atoms with van der Waals surface area (Å²) in [6.45, 7) is 1.66. The fraction of sp³-hybridized carbons (Fsp3) is 0.333. The second-order valence-corrected chi connectivity index (χ2v) is 5.81. The normalized spacial score (nSPS) is 12.1. The van der Waals surface area contributed by atoms with E-state index in [4.69, 9.17) is 4.74 Å². The molecule has 2 aromatic rings. The topological polar surface area (TPSA) is 72.8 Å². The Bertz CT molecular complexity index is 689. The van der Waals surface area contributed by atoms with Crippen molar-refractivity contribution in [1.29, 1.82) is 0 Å². The number of aromatic hydroxyl groups is 1. The van der Waals surface area contributed by atoms with E-state index in [-0.39, 0.29) is 18.0 Å². The monoisotopic (exact) mass is 308 g/mol. The lowest BCUT2D eigenvalue weighted by Gasteiger charge is -2.06. The number of fused-ring (bicyclic) bond motifs is 1. The van der Waals surface area contributed by atoms with Crippen LogP contribution in [0.4, 0.5) is 0 Å². The Morgan fingerprint density at radius 3 is 2.62 bits per heavy atom. The largest absolute Gasteiger partial charge is 0.504 e. The highest BCUT2D eigenvalue weighted by Crippen LogP contribution is 2.36. The highest BCUT2D eigenvalue weighted by atomic mass is 32.1. The van der Waals surface area contributed by atoms with Crippen LogP contribution in [0, 0.1) is 5.92 Å². The number of phenolic OH excluding ortho intramolecular Hbond substituents is 1. The minimum absolute atomic E-state index is 0.0322. The van der Waals surface area contributed by atoms with E-state index in [1.807, 2.05) is 0 Å². The zero-order chi connectivity index (χ0) is 15.6. The van der Waals surface area contributed by atoms with Crippen LogP contribution in [0.5, 0.6) is 11.5 Å². The van der Waals surface area contributed by atoms with Gasteiger partial charge in [0.1, 0.15) is 0 Å². The summed E-state index contributed by atoms with van der Waals surface area (Å²) < 4.78 is 10.5. The van der Waals surface area contributed by atoms with E-state index in [9.17, 15) is 14.7 Å². The first-order valence-corrected chi connectivity index (χ1v) is 7.19. The molecule has 1 aromatic heterocycles. The van der Waals surface area contributed by atoms with Gasteiger partial charge in [0.15, 0.2) is 17.3 Å². The minimum atomic E-state index is -0.476. The second kappa shape index (κ2) is 6.13. The van der Waals surface area contributed by atoms with Crippen LogP contribution in [0.3, 0.4) is 0 Å². The van der Waals surface area contributed by atoms with Crippen LogP contribution < -0.4 is 4.74 Å². The number of carbonyl (C=O) groups excluding carboxylic acids is 2. The van der Waals surface area contributed by atoms with Crippen LogP contribution in [-0.2, 0) is 9.53 Å². The smallest absolute Gasteiger partial charge is 0.308 e. The Balaban J connectivity index is 2.26. The number of ketones is 1. The molecule has 0 spiro atoms. The Labute approximate surface area is 126 Å². The van der Waals surface area contributed by atoms with Crippen molar-refractivity contribution in [3.8, 4) is 11.5 Å². The van der Waals surface area contributed by atoms with Crippen LogP contribution in [0.2, 0.25) is 0 Å².